The summed E-state index contributed by atoms with van der Waals surface area (Å²) in [5, 5.41) is 11.9. The number of anilines is 1. The minimum Gasteiger partial charge on any atom is -0.371 e. The van der Waals surface area contributed by atoms with Crippen LogP contribution in [0.15, 0.2) is 42.6 Å². The summed E-state index contributed by atoms with van der Waals surface area (Å²) in [6.07, 6.45) is 3.15. The summed E-state index contributed by atoms with van der Waals surface area (Å²) in [6.45, 7) is 3.14. The molecule has 0 unspecified atom stereocenters. The number of amides is 1. The summed E-state index contributed by atoms with van der Waals surface area (Å²) in [7, 11) is 0. The van der Waals surface area contributed by atoms with Gasteiger partial charge in [0, 0.05) is 37.9 Å². The molecule has 2 heterocycles. The second-order valence-electron chi connectivity index (χ2n) is 6.38. The molecule has 0 bridgehead atoms. The van der Waals surface area contributed by atoms with Crippen molar-refractivity contribution in [3.63, 3.8) is 0 Å². The fraction of sp³-hybridized carbons (Fsp3) is 0.300. The average molecular weight is 348 g/mol. The number of carbonyl (C=O) groups excluding carboxylic acids is 2. The summed E-state index contributed by atoms with van der Waals surface area (Å²) in [4.78, 5) is 29.9. The fourth-order valence-electron chi connectivity index (χ4n) is 3.03. The molecular formula is C20H20N4O2. The summed E-state index contributed by atoms with van der Waals surface area (Å²) in [6, 6.07) is 13.0. The zero-order valence-corrected chi connectivity index (χ0v) is 14.6. The van der Waals surface area contributed by atoms with Crippen LogP contribution in [0.5, 0.6) is 0 Å². The standard InChI is InChI=1S/C20H20N4O2/c1-14(25)19-7-4-16(13-22-19)20(26)23-17-8-10-24(11-9-17)18-5-2-15(12-21)3-6-18/h2-7,13,17H,8-11H2,1H3,(H,23,26). The molecule has 0 radical (unpaired) electrons. The molecule has 2 aromatic rings. The number of ketones is 1. The molecule has 0 spiro atoms. The average Bonchev–Trinajstić information content (AvgIpc) is 2.68. The molecule has 1 N–H and O–H groups in total. The van der Waals surface area contributed by atoms with E-state index in [0.717, 1.165) is 31.6 Å². The van der Waals surface area contributed by atoms with Crippen LogP contribution in [0.25, 0.3) is 0 Å². The summed E-state index contributed by atoms with van der Waals surface area (Å²) in [5.41, 5.74) is 2.57. The van der Waals surface area contributed by atoms with E-state index in [0.29, 0.717) is 16.8 Å². The Hall–Kier alpha value is -3.20. The number of benzene rings is 1. The lowest BCUT2D eigenvalue weighted by atomic mass is 10.0. The zero-order valence-electron chi connectivity index (χ0n) is 14.6. The molecule has 26 heavy (non-hydrogen) atoms. The monoisotopic (exact) mass is 348 g/mol. The molecule has 6 heteroatoms. The normalized spacial score (nSPS) is 14.5. The van der Waals surface area contributed by atoms with E-state index in [-0.39, 0.29) is 17.7 Å². The number of rotatable bonds is 4. The van der Waals surface area contributed by atoms with E-state index in [1.54, 1.807) is 12.1 Å². The Labute approximate surface area is 152 Å². The second-order valence-corrected chi connectivity index (χ2v) is 6.38. The van der Waals surface area contributed by atoms with Crippen molar-refractivity contribution in [2.45, 2.75) is 25.8 Å². The highest BCUT2D eigenvalue weighted by atomic mass is 16.1. The molecule has 132 valence electrons. The lowest BCUT2D eigenvalue weighted by Gasteiger charge is -2.34. The molecule has 1 saturated heterocycles. The number of nitriles is 1. The Bertz CT molecular complexity index is 830. The number of nitrogens with zero attached hydrogens (tertiary/aromatic N) is 3. The third kappa shape index (κ3) is 4.06. The van der Waals surface area contributed by atoms with Gasteiger partial charge >= 0.3 is 0 Å². The van der Waals surface area contributed by atoms with Crippen LogP contribution in [0.3, 0.4) is 0 Å². The van der Waals surface area contributed by atoms with Gasteiger partial charge in [-0.3, -0.25) is 14.6 Å². The second kappa shape index (κ2) is 7.79. The molecule has 0 atom stereocenters. The molecule has 1 amide bonds. The van der Waals surface area contributed by atoms with Gasteiger partial charge in [0.2, 0.25) is 0 Å². The van der Waals surface area contributed by atoms with Crippen molar-refractivity contribution in [2.75, 3.05) is 18.0 Å². The minimum atomic E-state index is -0.163. The number of nitrogens with one attached hydrogen (secondary N) is 1. The van der Waals surface area contributed by atoms with E-state index >= 15 is 0 Å². The van der Waals surface area contributed by atoms with E-state index in [4.69, 9.17) is 5.26 Å². The highest BCUT2D eigenvalue weighted by Gasteiger charge is 2.21. The van der Waals surface area contributed by atoms with Gasteiger partial charge in [-0.05, 0) is 49.2 Å². The Morgan fingerprint density at radius 2 is 1.85 bits per heavy atom. The largest absolute Gasteiger partial charge is 0.371 e. The van der Waals surface area contributed by atoms with Crippen molar-refractivity contribution in [3.8, 4) is 6.07 Å². The van der Waals surface area contributed by atoms with Gasteiger partial charge in [0.05, 0.1) is 17.2 Å². The lowest BCUT2D eigenvalue weighted by Crippen LogP contribution is -2.44. The van der Waals surface area contributed by atoms with Gasteiger partial charge in [-0.15, -0.1) is 0 Å². The van der Waals surface area contributed by atoms with E-state index in [9.17, 15) is 9.59 Å². The fourth-order valence-corrected chi connectivity index (χ4v) is 3.03. The van der Waals surface area contributed by atoms with E-state index in [2.05, 4.69) is 21.3 Å². The molecule has 6 nitrogen and oxygen atoms in total. The van der Waals surface area contributed by atoms with Crippen molar-refractivity contribution >= 4 is 17.4 Å². The van der Waals surface area contributed by atoms with Gasteiger partial charge in [0.1, 0.15) is 5.69 Å². The molecule has 1 fully saturated rings. The number of piperidine rings is 1. The summed E-state index contributed by atoms with van der Waals surface area (Å²) >= 11 is 0. The van der Waals surface area contributed by atoms with Gasteiger partial charge in [-0.25, -0.2) is 0 Å². The number of aromatic nitrogens is 1. The number of hydrogen-bond donors (Lipinski definition) is 1. The molecule has 3 rings (SSSR count). The van der Waals surface area contributed by atoms with Crippen LogP contribution in [0, 0.1) is 11.3 Å². The molecule has 0 aliphatic carbocycles. The molecule has 1 aliphatic heterocycles. The van der Waals surface area contributed by atoms with E-state index < -0.39 is 0 Å². The quantitative estimate of drug-likeness (QED) is 0.858. The van der Waals surface area contributed by atoms with Gasteiger partial charge in [0.15, 0.2) is 5.78 Å². The Balaban J connectivity index is 1.53. The molecule has 1 aliphatic rings. The van der Waals surface area contributed by atoms with Crippen molar-refractivity contribution in [1.29, 1.82) is 5.26 Å². The number of hydrogen-bond acceptors (Lipinski definition) is 5. The molecule has 1 aromatic carbocycles. The number of Topliss-reactive ketones (excluding diaryl/α,β-unsaturated/α-hetero) is 1. The number of pyridine rings is 1. The first-order valence-corrected chi connectivity index (χ1v) is 8.60. The topological polar surface area (TPSA) is 86.1 Å². The van der Waals surface area contributed by atoms with Crippen LogP contribution in [0.1, 0.15) is 46.2 Å². The third-order valence-electron chi connectivity index (χ3n) is 4.58. The van der Waals surface area contributed by atoms with Gasteiger partial charge in [-0.2, -0.15) is 5.26 Å². The van der Waals surface area contributed by atoms with Gasteiger partial charge in [-0.1, -0.05) is 0 Å². The Morgan fingerprint density at radius 3 is 2.38 bits per heavy atom. The molecule has 0 saturated carbocycles. The van der Waals surface area contributed by atoms with Crippen molar-refractivity contribution in [2.24, 2.45) is 0 Å². The maximum absolute atomic E-state index is 12.3. The van der Waals surface area contributed by atoms with Crippen LogP contribution in [-0.4, -0.2) is 35.8 Å². The number of carbonyl (C=O) groups is 2. The molecule has 1 aromatic heterocycles. The maximum Gasteiger partial charge on any atom is 0.253 e. The van der Waals surface area contributed by atoms with Crippen LogP contribution >= 0.6 is 0 Å². The van der Waals surface area contributed by atoms with E-state index in [1.807, 2.05) is 24.3 Å². The predicted molar refractivity (Wildman–Crippen MR) is 98.1 cm³/mol. The summed E-state index contributed by atoms with van der Waals surface area (Å²) < 4.78 is 0. The zero-order chi connectivity index (χ0) is 18.5. The van der Waals surface area contributed by atoms with Gasteiger partial charge < -0.3 is 10.2 Å². The predicted octanol–water partition coefficient (Wildman–Crippen LogP) is 2.55. The Kier molecular flexibility index (Phi) is 5.28. The SMILES string of the molecule is CC(=O)c1ccc(C(=O)NC2CCN(c3ccc(C#N)cc3)CC2)cn1. The van der Waals surface area contributed by atoms with Crippen LogP contribution in [0.4, 0.5) is 5.69 Å². The summed E-state index contributed by atoms with van der Waals surface area (Å²) in [5.74, 6) is -0.281. The lowest BCUT2D eigenvalue weighted by molar-refractivity contribution is 0.0928. The van der Waals surface area contributed by atoms with Crippen LogP contribution in [0.2, 0.25) is 0 Å². The van der Waals surface area contributed by atoms with Crippen molar-refractivity contribution in [1.82, 2.24) is 10.3 Å². The Morgan fingerprint density at radius 1 is 1.15 bits per heavy atom. The maximum atomic E-state index is 12.3. The van der Waals surface area contributed by atoms with Crippen molar-refractivity contribution in [3.05, 3.63) is 59.4 Å². The van der Waals surface area contributed by atoms with Crippen LogP contribution < -0.4 is 10.2 Å². The smallest absolute Gasteiger partial charge is 0.253 e. The van der Waals surface area contributed by atoms with Crippen LogP contribution in [-0.2, 0) is 0 Å². The van der Waals surface area contributed by atoms with Gasteiger partial charge in [0.25, 0.3) is 5.91 Å². The minimum absolute atomic E-state index is 0.115. The van der Waals surface area contributed by atoms with E-state index in [1.165, 1.54) is 13.1 Å². The van der Waals surface area contributed by atoms with Crippen molar-refractivity contribution < 1.29 is 9.59 Å². The third-order valence-corrected chi connectivity index (χ3v) is 4.58. The molecular weight excluding hydrogens is 328 g/mol. The first-order chi connectivity index (χ1) is 12.6. The highest BCUT2D eigenvalue weighted by Crippen LogP contribution is 2.20. The first-order valence-electron chi connectivity index (χ1n) is 8.60. The first kappa shape index (κ1) is 17.6. The highest BCUT2D eigenvalue weighted by molar-refractivity contribution is 5.96.